The summed E-state index contributed by atoms with van der Waals surface area (Å²) in [6.07, 6.45) is 8.34. The summed E-state index contributed by atoms with van der Waals surface area (Å²) in [4.78, 5) is 12.9. The third-order valence-corrected chi connectivity index (χ3v) is 2.50. The van der Waals surface area contributed by atoms with Gasteiger partial charge in [0.05, 0.1) is 18.1 Å². The fourth-order valence-electron chi connectivity index (χ4n) is 1.58. The van der Waals surface area contributed by atoms with Gasteiger partial charge in [-0.05, 0) is 19.9 Å². The second-order valence-electron chi connectivity index (χ2n) is 3.89. The molecule has 2 aromatic heterocycles. The highest BCUT2D eigenvalue weighted by atomic mass is 15.1. The second kappa shape index (κ2) is 5.54. The van der Waals surface area contributed by atoms with Gasteiger partial charge in [-0.3, -0.25) is 9.55 Å². The van der Waals surface area contributed by atoms with Gasteiger partial charge in [-0.15, -0.1) is 0 Å². The van der Waals surface area contributed by atoms with Crippen LogP contribution in [0.15, 0.2) is 24.8 Å². The lowest BCUT2D eigenvalue weighted by atomic mass is 10.4. The first-order valence-corrected chi connectivity index (χ1v) is 5.83. The van der Waals surface area contributed by atoms with Gasteiger partial charge < -0.3 is 5.32 Å². The fourth-order valence-corrected chi connectivity index (χ4v) is 1.58. The minimum Gasteiger partial charge on any atom is -0.311 e. The Morgan fingerprint density at radius 2 is 2.12 bits per heavy atom. The molecule has 2 aromatic rings. The molecule has 0 atom stereocenters. The molecule has 5 nitrogen and oxygen atoms in total. The first kappa shape index (κ1) is 11.7. The van der Waals surface area contributed by atoms with Crippen molar-refractivity contribution in [3.05, 3.63) is 36.3 Å². The summed E-state index contributed by atoms with van der Waals surface area (Å²) in [5.41, 5.74) is 0.958. The van der Waals surface area contributed by atoms with E-state index < -0.39 is 0 Å². The van der Waals surface area contributed by atoms with Crippen LogP contribution in [0.3, 0.4) is 0 Å². The van der Waals surface area contributed by atoms with E-state index in [0.29, 0.717) is 0 Å². The SMILES string of the molecule is CCCNCc1cnc(-n2ccnc2C)cn1. The molecule has 2 heterocycles. The van der Waals surface area contributed by atoms with Gasteiger partial charge in [0, 0.05) is 18.9 Å². The minimum atomic E-state index is 0.768. The molecule has 5 heteroatoms. The van der Waals surface area contributed by atoms with Gasteiger partial charge in [0.2, 0.25) is 0 Å². The van der Waals surface area contributed by atoms with E-state index in [4.69, 9.17) is 0 Å². The lowest BCUT2D eigenvalue weighted by Gasteiger charge is -2.05. The van der Waals surface area contributed by atoms with E-state index in [-0.39, 0.29) is 0 Å². The molecule has 0 spiro atoms. The molecule has 0 amide bonds. The highest BCUT2D eigenvalue weighted by Crippen LogP contribution is 2.05. The van der Waals surface area contributed by atoms with Gasteiger partial charge >= 0.3 is 0 Å². The van der Waals surface area contributed by atoms with Crippen molar-refractivity contribution in [3.63, 3.8) is 0 Å². The zero-order chi connectivity index (χ0) is 12.1. The topological polar surface area (TPSA) is 55.6 Å². The van der Waals surface area contributed by atoms with E-state index >= 15 is 0 Å². The highest BCUT2D eigenvalue weighted by Gasteiger charge is 2.02. The quantitative estimate of drug-likeness (QED) is 0.792. The molecule has 2 rings (SSSR count). The molecule has 0 fully saturated rings. The number of nitrogens with zero attached hydrogens (tertiary/aromatic N) is 4. The Balaban J connectivity index is 2.06. The summed E-state index contributed by atoms with van der Waals surface area (Å²) in [6, 6.07) is 0. The van der Waals surface area contributed by atoms with Gasteiger partial charge in [-0.1, -0.05) is 6.92 Å². The highest BCUT2D eigenvalue weighted by molar-refractivity contribution is 5.21. The molecule has 0 aromatic carbocycles. The lowest BCUT2D eigenvalue weighted by molar-refractivity contribution is 0.661. The van der Waals surface area contributed by atoms with E-state index in [1.165, 1.54) is 0 Å². The Hall–Kier alpha value is -1.75. The van der Waals surface area contributed by atoms with E-state index in [0.717, 1.165) is 36.8 Å². The summed E-state index contributed by atoms with van der Waals surface area (Å²) >= 11 is 0. The first-order chi connectivity index (χ1) is 8.31. The maximum absolute atomic E-state index is 4.38. The van der Waals surface area contributed by atoms with Crippen LogP contribution in [-0.2, 0) is 6.54 Å². The number of hydrogen-bond donors (Lipinski definition) is 1. The molecule has 0 aliphatic carbocycles. The Labute approximate surface area is 101 Å². The number of hydrogen-bond acceptors (Lipinski definition) is 4. The van der Waals surface area contributed by atoms with Crippen LogP contribution in [0.4, 0.5) is 0 Å². The molecular weight excluding hydrogens is 214 g/mol. The average molecular weight is 231 g/mol. The van der Waals surface area contributed by atoms with Crippen LogP contribution in [0, 0.1) is 6.92 Å². The maximum atomic E-state index is 4.38. The number of rotatable bonds is 5. The van der Waals surface area contributed by atoms with Crippen LogP contribution in [0.2, 0.25) is 0 Å². The van der Waals surface area contributed by atoms with Crippen molar-refractivity contribution in [1.82, 2.24) is 24.8 Å². The van der Waals surface area contributed by atoms with E-state index in [9.17, 15) is 0 Å². The molecule has 1 N–H and O–H groups in total. The van der Waals surface area contributed by atoms with Crippen molar-refractivity contribution in [2.45, 2.75) is 26.8 Å². The van der Waals surface area contributed by atoms with Crippen LogP contribution in [-0.4, -0.2) is 26.1 Å². The number of aryl methyl sites for hydroxylation is 1. The summed E-state index contributed by atoms with van der Waals surface area (Å²) in [5, 5.41) is 3.30. The summed E-state index contributed by atoms with van der Waals surface area (Å²) in [5.74, 6) is 1.72. The third-order valence-electron chi connectivity index (χ3n) is 2.50. The van der Waals surface area contributed by atoms with Crippen LogP contribution in [0.25, 0.3) is 5.82 Å². The molecule has 0 aliphatic rings. The maximum Gasteiger partial charge on any atom is 0.156 e. The average Bonchev–Trinajstić information content (AvgIpc) is 2.77. The third kappa shape index (κ3) is 2.88. The Morgan fingerprint density at radius 1 is 1.24 bits per heavy atom. The fraction of sp³-hybridized carbons (Fsp3) is 0.417. The van der Waals surface area contributed by atoms with Crippen molar-refractivity contribution in [3.8, 4) is 5.82 Å². The predicted octanol–water partition coefficient (Wildman–Crippen LogP) is 1.47. The van der Waals surface area contributed by atoms with Gasteiger partial charge in [0.25, 0.3) is 0 Å². The Kier molecular flexibility index (Phi) is 3.82. The van der Waals surface area contributed by atoms with Crippen molar-refractivity contribution < 1.29 is 0 Å². The molecular formula is C12H17N5. The summed E-state index contributed by atoms with van der Waals surface area (Å²) in [7, 11) is 0. The molecule has 90 valence electrons. The van der Waals surface area contributed by atoms with Crippen LogP contribution < -0.4 is 5.32 Å². The van der Waals surface area contributed by atoms with Crippen molar-refractivity contribution in [2.24, 2.45) is 0 Å². The van der Waals surface area contributed by atoms with E-state index in [1.807, 2.05) is 17.7 Å². The first-order valence-electron chi connectivity index (χ1n) is 5.83. The zero-order valence-electron chi connectivity index (χ0n) is 10.2. The van der Waals surface area contributed by atoms with Crippen LogP contribution in [0.1, 0.15) is 24.9 Å². The standard InChI is InChI=1S/C12H17N5/c1-3-4-13-7-11-8-16-12(9-15-11)17-6-5-14-10(17)2/h5-6,8-9,13H,3-4,7H2,1-2H3. The Bertz CT molecular complexity index is 460. The van der Waals surface area contributed by atoms with E-state index in [1.54, 1.807) is 18.6 Å². The van der Waals surface area contributed by atoms with Gasteiger partial charge in [0.15, 0.2) is 5.82 Å². The molecule has 17 heavy (non-hydrogen) atoms. The zero-order valence-corrected chi connectivity index (χ0v) is 10.2. The molecule has 0 radical (unpaired) electrons. The number of aromatic nitrogens is 4. The van der Waals surface area contributed by atoms with Crippen molar-refractivity contribution >= 4 is 0 Å². The number of imidazole rings is 1. The molecule has 0 unspecified atom stereocenters. The van der Waals surface area contributed by atoms with Crippen LogP contribution >= 0.6 is 0 Å². The van der Waals surface area contributed by atoms with Crippen LogP contribution in [0.5, 0.6) is 0 Å². The second-order valence-corrected chi connectivity index (χ2v) is 3.89. The monoisotopic (exact) mass is 231 g/mol. The summed E-state index contributed by atoms with van der Waals surface area (Å²) in [6.45, 7) is 5.86. The number of nitrogens with one attached hydrogen (secondary N) is 1. The molecule has 0 saturated heterocycles. The summed E-state index contributed by atoms with van der Waals surface area (Å²) < 4.78 is 1.91. The smallest absolute Gasteiger partial charge is 0.156 e. The molecule has 0 bridgehead atoms. The lowest BCUT2D eigenvalue weighted by Crippen LogP contribution is -2.15. The minimum absolute atomic E-state index is 0.768. The van der Waals surface area contributed by atoms with Crippen molar-refractivity contribution in [2.75, 3.05) is 6.54 Å². The predicted molar refractivity (Wildman–Crippen MR) is 65.9 cm³/mol. The van der Waals surface area contributed by atoms with Gasteiger partial charge in [0.1, 0.15) is 5.82 Å². The van der Waals surface area contributed by atoms with Crippen molar-refractivity contribution in [1.29, 1.82) is 0 Å². The molecule has 0 saturated carbocycles. The van der Waals surface area contributed by atoms with Gasteiger partial charge in [-0.2, -0.15) is 0 Å². The normalized spacial score (nSPS) is 10.7. The Morgan fingerprint density at radius 3 is 2.71 bits per heavy atom. The van der Waals surface area contributed by atoms with E-state index in [2.05, 4.69) is 27.2 Å². The largest absolute Gasteiger partial charge is 0.311 e. The molecule has 0 aliphatic heterocycles. The van der Waals surface area contributed by atoms with Gasteiger partial charge in [-0.25, -0.2) is 9.97 Å².